The van der Waals surface area contributed by atoms with Gasteiger partial charge in [0.1, 0.15) is 11.6 Å². The molecule has 2 heterocycles. The van der Waals surface area contributed by atoms with Crippen molar-refractivity contribution in [2.45, 2.75) is 38.3 Å². The van der Waals surface area contributed by atoms with E-state index in [0.717, 1.165) is 26.1 Å². The maximum Gasteiger partial charge on any atom is 0.144 e. The van der Waals surface area contributed by atoms with Gasteiger partial charge in [-0.05, 0) is 72.8 Å². The number of benzene rings is 1. The van der Waals surface area contributed by atoms with Crippen molar-refractivity contribution >= 4 is 15.9 Å². The topological polar surface area (TPSA) is 15.3 Å². The number of hydrogen-bond donors (Lipinski definition) is 1. The van der Waals surface area contributed by atoms with Crippen molar-refractivity contribution in [2.75, 3.05) is 19.6 Å². The quantitative estimate of drug-likeness (QED) is 0.829. The second-order valence-corrected chi connectivity index (χ2v) is 7.02. The van der Waals surface area contributed by atoms with Crippen LogP contribution in [0.15, 0.2) is 16.6 Å². The maximum atomic E-state index is 14.1. The molecule has 2 atom stereocenters. The van der Waals surface area contributed by atoms with Gasteiger partial charge in [0.2, 0.25) is 0 Å². The number of nitrogens with one attached hydrogen (secondary N) is 1. The van der Waals surface area contributed by atoms with Gasteiger partial charge >= 0.3 is 0 Å². The molecular weight excluding hydrogens is 338 g/mol. The van der Waals surface area contributed by atoms with Crippen LogP contribution in [0.25, 0.3) is 0 Å². The molecule has 2 aliphatic rings. The van der Waals surface area contributed by atoms with Gasteiger partial charge in [0.25, 0.3) is 0 Å². The number of hydrogen-bond acceptors (Lipinski definition) is 2. The summed E-state index contributed by atoms with van der Waals surface area (Å²) < 4.78 is 28.3. The van der Waals surface area contributed by atoms with E-state index in [-0.39, 0.29) is 5.56 Å². The van der Waals surface area contributed by atoms with Gasteiger partial charge in [-0.3, -0.25) is 4.90 Å². The maximum absolute atomic E-state index is 14.1. The van der Waals surface area contributed by atoms with Crippen LogP contribution in [-0.4, -0.2) is 30.6 Å². The molecule has 1 aromatic carbocycles. The molecule has 116 valence electrons. The van der Waals surface area contributed by atoms with Crippen LogP contribution in [0.4, 0.5) is 8.78 Å². The molecule has 0 amide bonds. The number of piperidine rings is 1. The Morgan fingerprint density at radius 2 is 2.10 bits per heavy atom. The second-order valence-electron chi connectivity index (χ2n) is 6.16. The highest BCUT2D eigenvalue weighted by Gasteiger charge is 2.29. The molecule has 0 aromatic heterocycles. The Hall–Kier alpha value is -0.520. The summed E-state index contributed by atoms with van der Waals surface area (Å²) in [4.78, 5) is 2.20. The monoisotopic (exact) mass is 358 g/mol. The largest absolute Gasteiger partial charge is 0.314 e. The zero-order valence-electron chi connectivity index (χ0n) is 12.0. The van der Waals surface area contributed by atoms with E-state index in [0.29, 0.717) is 23.0 Å². The van der Waals surface area contributed by atoms with Crippen molar-refractivity contribution in [2.24, 2.45) is 5.92 Å². The summed E-state index contributed by atoms with van der Waals surface area (Å²) in [5.74, 6) is -0.299. The molecule has 0 saturated carbocycles. The van der Waals surface area contributed by atoms with Crippen LogP contribution in [0.5, 0.6) is 0 Å². The van der Waals surface area contributed by atoms with Gasteiger partial charge < -0.3 is 5.32 Å². The van der Waals surface area contributed by atoms with Crippen molar-refractivity contribution in [1.29, 1.82) is 0 Å². The summed E-state index contributed by atoms with van der Waals surface area (Å²) in [5, 5.41) is 3.56. The van der Waals surface area contributed by atoms with Crippen molar-refractivity contribution in [3.05, 3.63) is 33.8 Å². The summed E-state index contributed by atoms with van der Waals surface area (Å²) in [5.41, 5.74) is 0.185. The van der Waals surface area contributed by atoms with Crippen LogP contribution in [0.2, 0.25) is 0 Å². The van der Waals surface area contributed by atoms with E-state index in [1.807, 2.05) is 0 Å². The van der Waals surface area contributed by atoms with Gasteiger partial charge in [0.15, 0.2) is 0 Å². The Balaban J connectivity index is 1.68. The predicted octanol–water partition coefficient (Wildman–Crippen LogP) is 3.69. The van der Waals surface area contributed by atoms with E-state index in [2.05, 4.69) is 26.1 Å². The fraction of sp³-hybridized carbons (Fsp3) is 0.625. The van der Waals surface area contributed by atoms with Crippen molar-refractivity contribution in [3.8, 4) is 0 Å². The first-order valence-electron chi connectivity index (χ1n) is 7.73. The Bertz CT molecular complexity index is 503. The molecule has 1 N–H and O–H groups in total. The lowest BCUT2D eigenvalue weighted by molar-refractivity contribution is 0.142. The lowest BCUT2D eigenvalue weighted by Gasteiger charge is -2.36. The summed E-state index contributed by atoms with van der Waals surface area (Å²) in [7, 11) is 0. The SMILES string of the molecule is Fc1ccc(Br)c(F)c1CN1CCCC(C2CCCN2)C1. The highest BCUT2D eigenvalue weighted by Crippen LogP contribution is 2.28. The van der Waals surface area contributed by atoms with Gasteiger partial charge in [-0.15, -0.1) is 0 Å². The first kappa shape index (κ1) is 15.4. The van der Waals surface area contributed by atoms with Crippen LogP contribution < -0.4 is 5.32 Å². The molecule has 0 bridgehead atoms. The van der Waals surface area contributed by atoms with E-state index in [1.165, 1.54) is 31.4 Å². The third kappa shape index (κ3) is 3.46. The van der Waals surface area contributed by atoms with Crippen LogP contribution in [0.1, 0.15) is 31.2 Å². The lowest BCUT2D eigenvalue weighted by atomic mass is 9.89. The summed E-state index contributed by atoms with van der Waals surface area (Å²) in [6.45, 7) is 3.33. The molecule has 3 rings (SSSR count). The highest BCUT2D eigenvalue weighted by atomic mass is 79.9. The minimum atomic E-state index is -0.462. The second kappa shape index (κ2) is 6.71. The summed E-state index contributed by atoms with van der Waals surface area (Å²) in [6, 6.07) is 3.35. The van der Waals surface area contributed by atoms with E-state index < -0.39 is 11.6 Å². The number of halogens is 3. The molecule has 2 fully saturated rings. The summed E-state index contributed by atoms with van der Waals surface area (Å²) in [6.07, 6.45) is 4.81. The molecule has 21 heavy (non-hydrogen) atoms. The molecule has 2 saturated heterocycles. The first-order valence-corrected chi connectivity index (χ1v) is 8.52. The number of rotatable bonds is 3. The Labute approximate surface area is 133 Å². The average molecular weight is 359 g/mol. The molecule has 2 unspecified atom stereocenters. The molecular formula is C16H21BrF2N2. The number of likely N-dealkylation sites (tertiary alicyclic amines) is 1. The van der Waals surface area contributed by atoms with Gasteiger partial charge in [-0.2, -0.15) is 0 Å². The van der Waals surface area contributed by atoms with Gasteiger partial charge in [0, 0.05) is 24.7 Å². The van der Waals surface area contributed by atoms with Crippen LogP contribution in [0.3, 0.4) is 0 Å². The summed E-state index contributed by atoms with van der Waals surface area (Å²) >= 11 is 3.14. The Morgan fingerprint density at radius 3 is 2.86 bits per heavy atom. The highest BCUT2D eigenvalue weighted by molar-refractivity contribution is 9.10. The van der Waals surface area contributed by atoms with Gasteiger partial charge in [0.05, 0.1) is 4.47 Å². The zero-order valence-corrected chi connectivity index (χ0v) is 13.6. The van der Waals surface area contributed by atoms with E-state index in [1.54, 1.807) is 0 Å². The Morgan fingerprint density at radius 1 is 1.24 bits per heavy atom. The molecule has 2 aliphatic heterocycles. The third-order valence-electron chi connectivity index (χ3n) is 4.73. The fourth-order valence-corrected chi connectivity index (χ4v) is 3.99. The van der Waals surface area contributed by atoms with Crippen molar-refractivity contribution in [1.82, 2.24) is 10.2 Å². The molecule has 0 aliphatic carbocycles. The van der Waals surface area contributed by atoms with Gasteiger partial charge in [-0.1, -0.05) is 0 Å². The zero-order chi connectivity index (χ0) is 14.8. The number of nitrogens with zero attached hydrogens (tertiary/aromatic N) is 1. The normalized spacial score (nSPS) is 27.2. The van der Waals surface area contributed by atoms with Crippen LogP contribution in [-0.2, 0) is 6.54 Å². The molecule has 2 nitrogen and oxygen atoms in total. The Kier molecular flexibility index (Phi) is 4.92. The average Bonchev–Trinajstić information content (AvgIpc) is 3.02. The van der Waals surface area contributed by atoms with Crippen molar-refractivity contribution in [3.63, 3.8) is 0 Å². The fourth-order valence-electron chi connectivity index (χ4n) is 3.61. The standard InChI is InChI=1S/C16H21BrF2N2/c17-13-5-6-14(18)12(16(13)19)10-21-8-2-3-11(9-21)15-4-1-7-20-15/h5-6,11,15,20H,1-4,7-10H2. The van der Waals surface area contributed by atoms with E-state index >= 15 is 0 Å². The van der Waals surface area contributed by atoms with Crippen molar-refractivity contribution < 1.29 is 8.78 Å². The van der Waals surface area contributed by atoms with Crippen LogP contribution in [0, 0.1) is 17.6 Å². The third-order valence-corrected chi connectivity index (χ3v) is 5.34. The first-order chi connectivity index (χ1) is 10.1. The van der Waals surface area contributed by atoms with E-state index in [9.17, 15) is 8.78 Å². The molecule has 5 heteroatoms. The van der Waals surface area contributed by atoms with Crippen LogP contribution >= 0.6 is 15.9 Å². The predicted molar refractivity (Wildman–Crippen MR) is 83.1 cm³/mol. The minimum Gasteiger partial charge on any atom is -0.314 e. The smallest absolute Gasteiger partial charge is 0.144 e. The lowest BCUT2D eigenvalue weighted by Crippen LogP contribution is -2.43. The molecule has 1 aromatic rings. The van der Waals surface area contributed by atoms with Gasteiger partial charge in [-0.25, -0.2) is 8.78 Å². The van der Waals surface area contributed by atoms with E-state index in [4.69, 9.17) is 0 Å². The molecule has 0 spiro atoms. The molecule has 0 radical (unpaired) electrons. The minimum absolute atomic E-state index is 0.185.